The van der Waals surface area contributed by atoms with Crippen LogP contribution in [0.1, 0.15) is 34.0 Å². The number of carbonyl (C=O) groups excluding carboxylic acids is 1. The average Bonchev–Trinajstić information content (AvgIpc) is 3.13. The zero-order chi connectivity index (χ0) is 20.8. The summed E-state index contributed by atoms with van der Waals surface area (Å²) < 4.78 is 24.4. The Morgan fingerprint density at radius 1 is 1.14 bits per heavy atom. The first-order chi connectivity index (χ1) is 13.7. The molecule has 4 rings (SSSR count). The van der Waals surface area contributed by atoms with Gasteiger partial charge in [-0.25, -0.2) is 8.42 Å². The maximum atomic E-state index is 12.2. The monoisotopic (exact) mass is 428 g/mol. The van der Waals surface area contributed by atoms with Gasteiger partial charge in [0.1, 0.15) is 0 Å². The highest BCUT2D eigenvalue weighted by atomic mass is 32.2. The summed E-state index contributed by atoms with van der Waals surface area (Å²) in [7, 11) is -3.10. The molecular formula is C22H24N2O3S2. The third-order valence-corrected chi connectivity index (χ3v) is 8.31. The molecule has 0 unspecified atom stereocenters. The van der Waals surface area contributed by atoms with Crippen molar-refractivity contribution in [1.29, 1.82) is 0 Å². The molecule has 0 radical (unpaired) electrons. The minimum absolute atomic E-state index is 0.0112. The van der Waals surface area contributed by atoms with E-state index in [0.29, 0.717) is 5.56 Å². The Morgan fingerprint density at radius 2 is 1.93 bits per heavy atom. The van der Waals surface area contributed by atoms with E-state index in [1.165, 1.54) is 23.6 Å². The first-order valence-electron chi connectivity index (χ1n) is 9.61. The summed E-state index contributed by atoms with van der Waals surface area (Å²) in [5.74, 6) is 0.936. The van der Waals surface area contributed by atoms with Gasteiger partial charge in [-0.3, -0.25) is 9.79 Å². The number of hydrogen-bond donors (Lipinski definition) is 0. The van der Waals surface area contributed by atoms with Crippen LogP contribution in [0.3, 0.4) is 0 Å². The summed E-state index contributed by atoms with van der Waals surface area (Å²) in [6.07, 6.45) is 0. The molecule has 1 saturated heterocycles. The van der Waals surface area contributed by atoms with Crippen LogP contribution in [0, 0.1) is 13.8 Å². The number of rotatable bonds is 4. The van der Waals surface area contributed by atoms with Crippen molar-refractivity contribution in [1.82, 2.24) is 0 Å². The van der Waals surface area contributed by atoms with Crippen molar-refractivity contribution in [3.05, 3.63) is 64.7 Å². The molecule has 0 N–H and O–H groups in total. The van der Waals surface area contributed by atoms with Crippen molar-refractivity contribution < 1.29 is 13.2 Å². The molecule has 2 aromatic carbocycles. The zero-order valence-electron chi connectivity index (χ0n) is 16.8. The maximum Gasteiger partial charge on any atom is 0.164 e. The van der Waals surface area contributed by atoms with Crippen molar-refractivity contribution >= 4 is 38.2 Å². The normalized spacial score (nSPS) is 22.4. The third kappa shape index (κ3) is 4.12. The Morgan fingerprint density at radius 3 is 2.66 bits per heavy atom. The summed E-state index contributed by atoms with van der Waals surface area (Å²) in [6.45, 7) is 5.74. The summed E-state index contributed by atoms with van der Waals surface area (Å²) in [4.78, 5) is 18.6. The number of nitrogens with zero attached hydrogens (tertiary/aromatic N) is 2. The molecule has 29 heavy (non-hydrogen) atoms. The summed E-state index contributed by atoms with van der Waals surface area (Å²) in [5, 5.41) is 0.828. The number of ketones is 1. The summed E-state index contributed by atoms with van der Waals surface area (Å²) >= 11 is 1.62. The van der Waals surface area contributed by atoms with E-state index in [2.05, 4.69) is 32.0 Å². The number of sulfone groups is 1. The van der Waals surface area contributed by atoms with E-state index < -0.39 is 9.84 Å². The molecule has 2 aromatic rings. The van der Waals surface area contributed by atoms with E-state index in [9.17, 15) is 13.2 Å². The van der Waals surface area contributed by atoms with Crippen LogP contribution < -0.4 is 4.90 Å². The predicted molar refractivity (Wildman–Crippen MR) is 120 cm³/mol. The molecule has 152 valence electrons. The highest BCUT2D eigenvalue weighted by Crippen LogP contribution is 2.36. The minimum atomic E-state index is -3.10. The highest BCUT2D eigenvalue weighted by molar-refractivity contribution is 8.13. The van der Waals surface area contributed by atoms with Crippen molar-refractivity contribution in [2.75, 3.05) is 16.4 Å². The molecular weight excluding hydrogens is 404 g/mol. The molecule has 7 heteroatoms. The van der Waals surface area contributed by atoms with Gasteiger partial charge in [-0.1, -0.05) is 42.1 Å². The number of Topliss-reactive ketones (excluding diaryl/α,β-unsaturated/α-hetero) is 1. The smallest absolute Gasteiger partial charge is 0.164 e. The summed E-state index contributed by atoms with van der Waals surface area (Å²) in [5.41, 5.74) is 5.17. The van der Waals surface area contributed by atoms with E-state index in [1.807, 2.05) is 23.1 Å². The van der Waals surface area contributed by atoms with Crippen molar-refractivity contribution in [2.24, 2.45) is 4.99 Å². The SMILES string of the molecule is CC(=O)c1cccc(N2C(SCc3ccc(C)c(C)c3)=N[C@@H]3CS(=O)(=O)C[C@H]32)c1. The molecule has 2 aliphatic heterocycles. The van der Waals surface area contributed by atoms with Crippen LogP contribution in [-0.2, 0) is 15.6 Å². The highest BCUT2D eigenvalue weighted by Gasteiger charge is 2.47. The molecule has 0 aliphatic carbocycles. The molecule has 1 fully saturated rings. The molecule has 2 atom stereocenters. The van der Waals surface area contributed by atoms with Crippen LogP contribution in [0.25, 0.3) is 0 Å². The second kappa shape index (κ2) is 7.61. The molecule has 0 saturated carbocycles. The van der Waals surface area contributed by atoms with Crippen molar-refractivity contribution in [3.63, 3.8) is 0 Å². The van der Waals surface area contributed by atoms with Gasteiger partial charge in [0, 0.05) is 17.0 Å². The number of anilines is 1. The fourth-order valence-electron chi connectivity index (χ4n) is 3.85. The van der Waals surface area contributed by atoms with Gasteiger partial charge in [0.05, 0.1) is 23.6 Å². The van der Waals surface area contributed by atoms with Crippen LogP contribution in [0.15, 0.2) is 47.5 Å². The van der Waals surface area contributed by atoms with E-state index in [-0.39, 0.29) is 29.4 Å². The van der Waals surface area contributed by atoms with Gasteiger partial charge in [-0.15, -0.1) is 0 Å². The number of carbonyl (C=O) groups is 1. The number of thioether (sulfide) groups is 1. The second-order valence-corrected chi connectivity index (χ2v) is 10.9. The molecule has 0 aromatic heterocycles. The van der Waals surface area contributed by atoms with Crippen LogP contribution in [-0.4, -0.2) is 43.0 Å². The Hall–Kier alpha value is -2.12. The van der Waals surface area contributed by atoms with Gasteiger partial charge in [0.2, 0.25) is 0 Å². The number of amidine groups is 1. The van der Waals surface area contributed by atoms with Gasteiger partial charge in [0.25, 0.3) is 0 Å². The van der Waals surface area contributed by atoms with Crippen LogP contribution in [0.5, 0.6) is 0 Å². The lowest BCUT2D eigenvalue weighted by molar-refractivity contribution is 0.101. The van der Waals surface area contributed by atoms with Crippen molar-refractivity contribution in [2.45, 2.75) is 38.6 Å². The second-order valence-electron chi connectivity index (χ2n) is 7.81. The first-order valence-corrected chi connectivity index (χ1v) is 12.4. The topological polar surface area (TPSA) is 66.8 Å². The quantitative estimate of drug-likeness (QED) is 0.694. The van der Waals surface area contributed by atoms with Gasteiger partial charge in [-0.05, 0) is 49.6 Å². The van der Waals surface area contributed by atoms with E-state index in [0.717, 1.165) is 16.6 Å². The van der Waals surface area contributed by atoms with Crippen LogP contribution in [0.2, 0.25) is 0 Å². The van der Waals surface area contributed by atoms with E-state index in [4.69, 9.17) is 4.99 Å². The number of benzene rings is 2. The molecule has 0 amide bonds. The lowest BCUT2D eigenvalue weighted by Crippen LogP contribution is -2.39. The van der Waals surface area contributed by atoms with Crippen LogP contribution in [0.4, 0.5) is 5.69 Å². The maximum absolute atomic E-state index is 12.2. The van der Waals surface area contributed by atoms with Crippen LogP contribution >= 0.6 is 11.8 Å². The molecule has 2 heterocycles. The van der Waals surface area contributed by atoms with Gasteiger partial charge in [0.15, 0.2) is 20.8 Å². The zero-order valence-corrected chi connectivity index (χ0v) is 18.4. The molecule has 0 bridgehead atoms. The summed E-state index contributed by atoms with van der Waals surface area (Å²) in [6, 6.07) is 13.4. The Kier molecular flexibility index (Phi) is 5.29. The lowest BCUT2D eigenvalue weighted by atomic mass is 10.1. The Labute approximate surface area is 176 Å². The largest absolute Gasteiger partial charge is 0.315 e. The van der Waals surface area contributed by atoms with E-state index >= 15 is 0 Å². The molecule has 0 spiro atoms. The van der Waals surface area contributed by atoms with Crippen molar-refractivity contribution in [3.8, 4) is 0 Å². The Balaban J connectivity index is 1.64. The number of fused-ring (bicyclic) bond motifs is 1. The molecule has 2 aliphatic rings. The standard InChI is InChI=1S/C22H24N2O3S2/c1-14-7-8-17(9-15(14)2)11-28-22-23-20-12-29(26,27)13-21(20)24(22)19-6-4-5-18(10-19)16(3)25/h4-10,20-21H,11-13H2,1-3H3/t20-,21-/m1/s1. The van der Waals surface area contributed by atoms with Gasteiger partial charge < -0.3 is 4.90 Å². The Bertz CT molecular complexity index is 1110. The fraction of sp³-hybridized carbons (Fsp3) is 0.364. The fourth-order valence-corrected chi connectivity index (χ4v) is 6.76. The third-order valence-electron chi connectivity index (χ3n) is 5.58. The lowest BCUT2D eigenvalue weighted by Gasteiger charge is -2.27. The number of aliphatic imine (C=N–C) groups is 1. The average molecular weight is 429 g/mol. The number of hydrogen-bond acceptors (Lipinski definition) is 6. The van der Waals surface area contributed by atoms with E-state index in [1.54, 1.807) is 17.8 Å². The predicted octanol–water partition coefficient (Wildman–Crippen LogP) is 3.78. The first kappa shape index (κ1) is 20.2. The van der Waals surface area contributed by atoms with Gasteiger partial charge >= 0.3 is 0 Å². The minimum Gasteiger partial charge on any atom is -0.315 e. The molecule has 5 nitrogen and oxygen atoms in total. The number of aryl methyl sites for hydroxylation is 2. The van der Waals surface area contributed by atoms with Gasteiger partial charge in [-0.2, -0.15) is 0 Å².